The van der Waals surface area contributed by atoms with Crippen molar-refractivity contribution in [1.82, 2.24) is 20.0 Å². The first-order valence-corrected chi connectivity index (χ1v) is 15.1. The SMILES string of the molecule is CC(=O)O[C@H]1[C@H](NP(=O)(Oc2ccccc2)Oc2ccccc2)[C@@H](CNCc2ccccc2)O[C@H]1n1ccc(=O)[nH]c1=O. The van der Waals surface area contributed by atoms with Crippen molar-refractivity contribution in [3.8, 4) is 11.5 Å². The molecular weight excluding hydrogens is 575 g/mol. The molecule has 4 aromatic rings. The van der Waals surface area contributed by atoms with Crippen molar-refractivity contribution in [3.63, 3.8) is 0 Å². The number of esters is 1. The summed E-state index contributed by atoms with van der Waals surface area (Å²) in [5.74, 6) is -0.127. The molecule has 1 aliphatic rings. The van der Waals surface area contributed by atoms with E-state index in [-0.39, 0.29) is 18.0 Å². The monoisotopic (exact) mass is 606 g/mol. The number of benzene rings is 3. The van der Waals surface area contributed by atoms with Crippen LogP contribution >= 0.6 is 7.75 Å². The highest BCUT2D eigenvalue weighted by Gasteiger charge is 2.51. The molecule has 0 bridgehead atoms. The molecule has 224 valence electrons. The second-order valence-corrected chi connectivity index (χ2v) is 11.4. The third-order valence-corrected chi connectivity index (χ3v) is 8.06. The van der Waals surface area contributed by atoms with Crippen LogP contribution in [0.2, 0.25) is 0 Å². The molecular formula is C30H31N4O8P. The van der Waals surface area contributed by atoms with E-state index in [9.17, 15) is 18.9 Å². The third kappa shape index (κ3) is 7.88. The molecule has 0 radical (unpaired) electrons. The molecule has 1 aliphatic heterocycles. The van der Waals surface area contributed by atoms with Gasteiger partial charge in [0, 0.05) is 32.3 Å². The lowest BCUT2D eigenvalue weighted by molar-refractivity contribution is -0.153. The number of carbonyl (C=O) groups excluding carboxylic acids is 1. The van der Waals surface area contributed by atoms with E-state index in [0.29, 0.717) is 6.54 Å². The van der Waals surface area contributed by atoms with E-state index < -0.39 is 49.4 Å². The quantitative estimate of drug-likeness (QED) is 0.162. The number of rotatable bonds is 12. The largest absolute Gasteiger partial charge is 0.513 e. The first kappa shape index (κ1) is 30.0. The molecule has 0 unspecified atom stereocenters. The number of hydrogen-bond acceptors (Lipinski definition) is 9. The second kappa shape index (κ2) is 13.7. The zero-order chi connectivity index (χ0) is 30.2. The van der Waals surface area contributed by atoms with E-state index in [2.05, 4.69) is 15.4 Å². The van der Waals surface area contributed by atoms with Gasteiger partial charge in [0.15, 0.2) is 12.3 Å². The number of carbonyl (C=O) groups is 1. The number of para-hydroxylation sites is 2. The van der Waals surface area contributed by atoms with Crippen LogP contribution in [0.4, 0.5) is 0 Å². The van der Waals surface area contributed by atoms with Gasteiger partial charge < -0.3 is 23.8 Å². The van der Waals surface area contributed by atoms with Gasteiger partial charge in [0.1, 0.15) is 11.5 Å². The van der Waals surface area contributed by atoms with Crippen LogP contribution in [-0.4, -0.2) is 40.3 Å². The molecule has 1 fully saturated rings. The normalized spacial score (nSPS) is 19.9. The highest BCUT2D eigenvalue weighted by molar-refractivity contribution is 7.52. The van der Waals surface area contributed by atoms with Gasteiger partial charge in [-0.2, -0.15) is 5.09 Å². The smallest absolute Gasteiger partial charge is 0.456 e. The van der Waals surface area contributed by atoms with E-state index >= 15 is 0 Å². The molecule has 1 saturated heterocycles. The minimum atomic E-state index is -4.25. The Bertz CT molecular complexity index is 1620. The first-order chi connectivity index (χ1) is 20.8. The van der Waals surface area contributed by atoms with Crippen LogP contribution in [-0.2, 0) is 25.4 Å². The lowest BCUT2D eigenvalue weighted by Gasteiger charge is -2.29. The highest BCUT2D eigenvalue weighted by atomic mass is 31.2. The minimum absolute atomic E-state index is 0.190. The molecule has 0 aliphatic carbocycles. The predicted octanol–water partition coefficient (Wildman–Crippen LogP) is 3.38. The van der Waals surface area contributed by atoms with E-state index in [1.807, 2.05) is 30.3 Å². The van der Waals surface area contributed by atoms with Crippen molar-refractivity contribution in [1.29, 1.82) is 0 Å². The Morgan fingerprint density at radius 3 is 2.05 bits per heavy atom. The Morgan fingerprint density at radius 1 is 0.907 bits per heavy atom. The van der Waals surface area contributed by atoms with Crippen LogP contribution in [0, 0.1) is 0 Å². The zero-order valence-electron chi connectivity index (χ0n) is 23.2. The van der Waals surface area contributed by atoms with E-state index in [1.54, 1.807) is 60.7 Å². The average Bonchev–Trinajstić information content (AvgIpc) is 3.29. The zero-order valence-corrected chi connectivity index (χ0v) is 24.1. The molecule has 1 aromatic heterocycles. The molecule has 43 heavy (non-hydrogen) atoms. The summed E-state index contributed by atoms with van der Waals surface area (Å²) in [6.07, 6.45) is -1.93. The van der Waals surface area contributed by atoms with E-state index in [0.717, 1.165) is 16.2 Å². The fraction of sp³-hybridized carbons (Fsp3) is 0.233. The fourth-order valence-corrected chi connectivity index (χ4v) is 6.30. The van der Waals surface area contributed by atoms with Crippen LogP contribution in [0.1, 0.15) is 18.7 Å². The number of H-pyrrole nitrogens is 1. The molecule has 3 N–H and O–H groups in total. The number of aromatic amines is 1. The summed E-state index contributed by atoms with van der Waals surface area (Å²) in [4.78, 5) is 39.1. The van der Waals surface area contributed by atoms with Gasteiger partial charge in [0.05, 0.1) is 12.1 Å². The summed E-state index contributed by atoms with van der Waals surface area (Å²) < 4.78 is 39.4. The maximum Gasteiger partial charge on any atom is 0.513 e. The lowest BCUT2D eigenvalue weighted by Crippen LogP contribution is -2.49. The van der Waals surface area contributed by atoms with Crippen molar-refractivity contribution in [2.24, 2.45) is 0 Å². The Labute approximate surface area is 247 Å². The lowest BCUT2D eigenvalue weighted by atomic mass is 10.1. The molecule has 0 saturated carbocycles. The van der Waals surface area contributed by atoms with Crippen LogP contribution in [0.5, 0.6) is 11.5 Å². The number of aromatic nitrogens is 2. The van der Waals surface area contributed by atoms with Gasteiger partial charge in [0.25, 0.3) is 5.56 Å². The van der Waals surface area contributed by atoms with Crippen molar-refractivity contribution < 1.29 is 27.9 Å². The summed E-state index contributed by atoms with van der Waals surface area (Å²) in [5.41, 5.74) is -0.355. The highest BCUT2D eigenvalue weighted by Crippen LogP contribution is 2.47. The summed E-state index contributed by atoms with van der Waals surface area (Å²) >= 11 is 0. The van der Waals surface area contributed by atoms with Gasteiger partial charge >= 0.3 is 19.4 Å². The Kier molecular flexibility index (Phi) is 9.53. The maximum absolute atomic E-state index is 14.4. The number of nitrogens with one attached hydrogen (secondary N) is 3. The van der Waals surface area contributed by atoms with Gasteiger partial charge in [-0.25, -0.2) is 9.36 Å². The summed E-state index contributed by atoms with van der Waals surface area (Å²) in [6.45, 7) is 1.88. The molecule has 5 rings (SSSR count). The number of hydrogen-bond donors (Lipinski definition) is 3. The van der Waals surface area contributed by atoms with Gasteiger partial charge in [-0.1, -0.05) is 66.7 Å². The molecule has 13 heteroatoms. The van der Waals surface area contributed by atoms with Gasteiger partial charge in [-0.15, -0.1) is 0 Å². The van der Waals surface area contributed by atoms with Crippen molar-refractivity contribution >= 4 is 13.7 Å². The second-order valence-electron chi connectivity index (χ2n) is 9.73. The summed E-state index contributed by atoms with van der Waals surface area (Å²) in [7, 11) is -4.25. The molecule has 3 aromatic carbocycles. The Balaban J connectivity index is 1.50. The van der Waals surface area contributed by atoms with Gasteiger partial charge in [0.2, 0.25) is 0 Å². The molecule has 0 amide bonds. The van der Waals surface area contributed by atoms with Crippen LogP contribution < -0.4 is 30.7 Å². The van der Waals surface area contributed by atoms with Gasteiger partial charge in [-0.3, -0.25) is 19.1 Å². The van der Waals surface area contributed by atoms with Crippen molar-refractivity contribution in [2.75, 3.05) is 6.54 Å². The van der Waals surface area contributed by atoms with Crippen LogP contribution in [0.3, 0.4) is 0 Å². The van der Waals surface area contributed by atoms with Crippen LogP contribution in [0.25, 0.3) is 0 Å². The number of ether oxygens (including phenoxy) is 2. The third-order valence-electron chi connectivity index (χ3n) is 6.54. The summed E-state index contributed by atoms with van der Waals surface area (Å²) in [5, 5.41) is 6.26. The predicted molar refractivity (Wildman–Crippen MR) is 158 cm³/mol. The Hall–Kier alpha value is -4.48. The minimum Gasteiger partial charge on any atom is -0.456 e. The molecule has 4 atom stereocenters. The van der Waals surface area contributed by atoms with Crippen LogP contribution in [0.15, 0.2) is 113 Å². The fourth-order valence-electron chi connectivity index (χ4n) is 4.69. The topological polar surface area (TPSA) is 150 Å². The first-order valence-electron chi connectivity index (χ1n) is 13.6. The van der Waals surface area contributed by atoms with Gasteiger partial charge in [-0.05, 0) is 29.8 Å². The maximum atomic E-state index is 14.4. The molecule has 12 nitrogen and oxygen atoms in total. The van der Waals surface area contributed by atoms with Crippen molar-refractivity contribution in [3.05, 3.63) is 130 Å². The number of nitrogens with zero attached hydrogens (tertiary/aromatic N) is 1. The average molecular weight is 607 g/mol. The standard InChI is InChI=1S/C30H31N4O8P/c1-21(35)39-28-27(33-43(38,41-23-13-7-3-8-14-23)42-24-15-9-4-10-16-24)25(20-31-19-22-11-5-2-6-12-22)40-29(28)34-18-17-26(36)32-30(34)37/h2-18,25,27-29,31H,19-20H2,1H3,(H,33,38)(H,32,36,37)/t25-,27-,28+,29-/m1/s1. The van der Waals surface area contributed by atoms with Crippen molar-refractivity contribution in [2.45, 2.75) is 37.9 Å². The molecule has 2 heterocycles. The molecule has 0 spiro atoms. The summed E-state index contributed by atoms with van der Waals surface area (Å²) in [6, 6.07) is 26.8. The Morgan fingerprint density at radius 2 is 1.49 bits per heavy atom. The van der Waals surface area contributed by atoms with E-state index in [1.165, 1.54) is 13.1 Å². The van der Waals surface area contributed by atoms with E-state index in [4.69, 9.17) is 18.5 Å².